The molecule has 0 spiro atoms. The van der Waals surface area contributed by atoms with Crippen LogP contribution in [0.4, 0.5) is 0 Å². The van der Waals surface area contributed by atoms with Crippen molar-refractivity contribution in [3.63, 3.8) is 0 Å². The van der Waals surface area contributed by atoms with Gasteiger partial charge in [-0.25, -0.2) is 0 Å². The number of nitrogens with zero attached hydrogens (tertiary/aromatic N) is 1. The van der Waals surface area contributed by atoms with Crippen molar-refractivity contribution in [1.29, 1.82) is 0 Å². The zero-order chi connectivity index (χ0) is 52.7. The van der Waals surface area contributed by atoms with Gasteiger partial charge in [-0.15, -0.1) is 0 Å². The van der Waals surface area contributed by atoms with Crippen molar-refractivity contribution in [2.24, 2.45) is 0 Å². The largest absolute Gasteiger partial charge is 0.756 e. The fourth-order valence-corrected chi connectivity index (χ4v) is 9.87. The number of hydrogen-bond donors (Lipinski definition) is 2. The molecule has 0 aliphatic rings. The minimum Gasteiger partial charge on any atom is -0.756 e. The molecule has 0 heterocycles. The molecule has 0 aliphatic carbocycles. The van der Waals surface area contributed by atoms with Crippen LogP contribution in [0, 0.1) is 0 Å². The summed E-state index contributed by atoms with van der Waals surface area (Å²) in [6.45, 7) is 4.65. The van der Waals surface area contributed by atoms with Crippen molar-refractivity contribution >= 4 is 13.7 Å². The van der Waals surface area contributed by atoms with E-state index in [4.69, 9.17) is 9.05 Å². The number of quaternary nitrogens is 1. The fourth-order valence-electron chi connectivity index (χ4n) is 9.14. The molecule has 0 rings (SSSR count). The number of aliphatic hydroxyl groups is 1. The molecule has 0 aromatic carbocycles. The van der Waals surface area contributed by atoms with Gasteiger partial charge in [0.05, 0.1) is 39.9 Å². The maximum absolute atomic E-state index is 13.0. The second kappa shape index (κ2) is 54.3. The van der Waals surface area contributed by atoms with Crippen molar-refractivity contribution in [3.8, 4) is 0 Å². The molecule has 424 valence electrons. The van der Waals surface area contributed by atoms with Crippen LogP contribution >= 0.6 is 7.82 Å². The Balaban J connectivity index is 4.05. The first-order chi connectivity index (χ1) is 35.0. The van der Waals surface area contributed by atoms with Crippen LogP contribution < -0.4 is 10.2 Å². The molecule has 2 N–H and O–H groups in total. The van der Waals surface area contributed by atoms with Crippen LogP contribution in [0.3, 0.4) is 0 Å². The SMILES string of the molecule is CCCCCCC/C=C\C/C=C\CCCCCCCCCCCCCCCCCCCCCCCC(=O)NC(COP(=O)([O-])OCC[N+](C)(C)C)C(O)/C=C/CC/C=C/CCCCCCCCCCCCC. The van der Waals surface area contributed by atoms with Crippen LogP contribution in [0.15, 0.2) is 48.6 Å². The Morgan fingerprint density at radius 3 is 1.21 bits per heavy atom. The highest BCUT2D eigenvalue weighted by Crippen LogP contribution is 2.38. The van der Waals surface area contributed by atoms with Gasteiger partial charge in [-0.3, -0.25) is 9.36 Å². The molecule has 0 aromatic rings. The molecule has 72 heavy (non-hydrogen) atoms. The molecule has 0 aliphatic heterocycles. The van der Waals surface area contributed by atoms with E-state index in [9.17, 15) is 19.4 Å². The van der Waals surface area contributed by atoms with E-state index in [0.717, 1.165) is 44.9 Å². The lowest BCUT2D eigenvalue weighted by Gasteiger charge is -2.29. The third kappa shape index (κ3) is 56.2. The summed E-state index contributed by atoms with van der Waals surface area (Å²) in [7, 11) is 1.25. The predicted octanol–water partition coefficient (Wildman–Crippen LogP) is 18.5. The first kappa shape index (κ1) is 70.5. The first-order valence-electron chi connectivity index (χ1n) is 31.0. The molecule has 0 saturated heterocycles. The molecule has 0 bridgehead atoms. The number of likely N-dealkylation sites (N-methyl/N-ethyl adjacent to an activating group) is 1. The second-order valence-electron chi connectivity index (χ2n) is 22.4. The van der Waals surface area contributed by atoms with Crippen LogP contribution in [0.2, 0.25) is 0 Å². The molecule has 0 aromatic heterocycles. The Labute approximate surface area is 448 Å². The van der Waals surface area contributed by atoms with Crippen LogP contribution in [-0.4, -0.2) is 68.5 Å². The van der Waals surface area contributed by atoms with Crippen LogP contribution in [-0.2, 0) is 18.4 Å². The van der Waals surface area contributed by atoms with Crippen molar-refractivity contribution < 1.29 is 32.9 Å². The maximum atomic E-state index is 13.0. The Morgan fingerprint density at radius 1 is 0.486 bits per heavy atom. The minimum atomic E-state index is -4.60. The average Bonchev–Trinajstić information content (AvgIpc) is 3.34. The summed E-state index contributed by atoms with van der Waals surface area (Å²) in [6, 6.07) is -0.903. The molecule has 1 amide bonds. The Bertz CT molecular complexity index is 1310. The van der Waals surface area contributed by atoms with E-state index in [2.05, 4.69) is 55.6 Å². The number of carbonyl (C=O) groups excluding carboxylic acids is 1. The number of phosphoric ester groups is 1. The highest BCUT2D eigenvalue weighted by molar-refractivity contribution is 7.45. The van der Waals surface area contributed by atoms with Gasteiger partial charge in [-0.2, -0.15) is 0 Å². The fraction of sp³-hybridized carbons (Fsp3) is 0.857. The molecule has 3 unspecified atom stereocenters. The molecule has 9 heteroatoms. The van der Waals surface area contributed by atoms with Gasteiger partial charge >= 0.3 is 0 Å². The molecule has 0 radical (unpaired) electrons. The number of nitrogens with one attached hydrogen (secondary N) is 1. The Morgan fingerprint density at radius 2 is 0.819 bits per heavy atom. The average molecular weight is 1030 g/mol. The Hall–Kier alpha value is -1.54. The van der Waals surface area contributed by atoms with E-state index < -0.39 is 26.6 Å². The van der Waals surface area contributed by atoms with Gasteiger partial charge < -0.3 is 28.8 Å². The predicted molar refractivity (Wildman–Crippen MR) is 311 cm³/mol. The zero-order valence-electron chi connectivity index (χ0n) is 48.4. The summed E-state index contributed by atoms with van der Waals surface area (Å²) in [4.78, 5) is 25.5. The van der Waals surface area contributed by atoms with Gasteiger partial charge in [0.15, 0.2) is 0 Å². The molecule has 8 nitrogen and oxygen atoms in total. The number of hydrogen-bond acceptors (Lipinski definition) is 6. The lowest BCUT2D eigenvalue weighted by atomic mass is 10.0. The normalized spacial score (nSPS) is 14.2. The number of phosphoric acid groups is 1. The number of carbonyl (C=O) groups is 1. The van der Waals surface area contributed by atoms with Crippen molar-refractivity contribution in [3.05, 3.63) is 48.6 Å². The highest BCUT2D eigenvalue weighted by atomic mass is 31.2. The smallest absolute Gasteiger partial charge is 0.268 e. The summed E-state index contributed by atoms with van der Waals surface area (Å²) in [5.74, 6) is -0.203. The third-order valence-corrected chi connectivity index (χ3v) is 15.0. The lowest BCUT2D eigenvalue weighted by Crippen LogP contribution is -2.45. The van der Waals surface area contributed by atoms with Crippen LogP contribution in [0.25, 0.3) is 0 Å². The van der Waals surface area contributed by atoms with Crippen molar-refractivity contribution in [1.82, 2.24) is 5.32 Å². The summed E-state index contributed by atoms with van der Waals surface area (Å²) in [5.41, 5.74) is 0. The monoisotopic (exact) mass is 1030 g/mol. The van der Waals surface area contributed by atoms with E-state index in [-0.39, 0.29) is 12.5 Å². The van der Waals surface area contributed by atoms with E-state index in [1.54, 1.807) is 6.08 Å². The van der Waals surface area contributed by atoms with Crippen LogP contribution in [0.5, 0.6) is 0 Å². The van der Waals surface area contributed by atoms with Gasteiger partial charge in [0.1, 0.15) is 13.2 Å². The molecule has 0 fully saturated rings. The minimum absolute atomic E-state index is 0.00545. The zero-order valence-corrected chi connectivity index (χ0v) is 49.3. The lowest BCUT2D eigenvalue weighted by molar-refractivity contribution is -0.870. The number of amides is 1. The summed E-state index contributed by atoms with van der Waals surface area (Å²) in [5, 5.41) is 13.9. The number of unbranched alkanes of at least 4 members (excludes halogenated alkanes) is 38. The van der Waals surface area contributed by atoms with Gasteiger partial charge in [-0.1, -0.05) is 274 Å². The van der Waals surface area contributed by atoms with Gasteiger partial charge in [-0.05, 0) is 64.2 Å². The summed E-state index contributed by atoms with van der Waals surface area (Å²) < 4.78 is 23.3. The van der Waals surface area contributed by atoms with E-state index in [0.29, 0.717) is 17.4 Å². The van der Waals surface area contributed by atoms with E-state index >= 15 is 0 Å². The van der Waals surface area contributed by atoms with Gasteiger partial charge in [0.25, 0.3) is 7.82 Å². The first-order valence-corrected chi connectivity index (χ1v) is 32.5. The maximum Gasteiger partial charge on any atom is 0.268 e. The van der Waals surface area contributed by atoms with Crippen LogP contribution in [0.1, 0.15) is 296 Å². The molecular formula is C63H121N2O6P. The van der Waals surface area contributed by atoms with Crippen molar-refractivity contribution in [2.45, 2.75) is 309 Å². The second-order valence-corrected chi connectivity index (χ2v) is 23.8. The summed E-state index contributed by atoms with van der Waals surface area (Å²) >= 11 is 0. The number of allylic oxidation sites excluding steroid dienone is 7. The Kier molecular flexibility index (Phi) is 53.1. The van der Waals surface area contributed by atoms with Gasteiger partial charge in [0, 0.05) is 6.42 Å². The van der Waals surface area contributed by atoms with Gasteiger partial charge in [0.2, 0.25) is 5.91 Å². The number of rotatable bonds is 57. The molecular weight excluding hydrogens is 912 g/mol. The number of aliphatic hydroxyl groups excluding tert-OH is 1. The standard InChI is InChI=1S/C63H121N2O6P/c1-6-8-10-12-14-16-18-20-22-24-25-26-27-28-29-30-31-32-33-34-35-36-37-38-39-41-43-45-47-49-51-53-55-57-63(67)64-61(60-71-72(68,69)70-59-58-65(3,4)5)62(66)56-54-52-50-48-46-44-42-40-23-21-19-17-15-13-11-9-7-2/h18,20,24-25,46,48,54,56,61-62,66H,6-17,19,21-23,26-45,47,49-53,55,57-60H2,1-5H3,(H-,64,67,68,69)/b20-18-,25-24-,48-46+,56-54+. The highest BCUT2D eigenvalue weighted by Gasteiger charge is 2.23. The quantitative estimate of drug-likeness (QED) is 0.0272. The summed E-state index contributed by atoms with van der Waals surface area (Å²) in [6.07, 6.45) is 72.1. The topological polar surface area (TPSA) is 108 Å². The molecule has 3 atom stereocenters. The molecule has 0 saturated carbocycles. The van der Waals surface area contributed by atoms with E-state index in [1.807, 2.05) is 27.2 Å². The third-order valence-electron chi connectivity index (χ3n) is 14.0. The van der Waals surface area contributed by atoms with E-state index in [1.165, 1.54) is 231 Å². The van der Waals surface area contributed by atoms with Crippen molar-refractivity contribution in [2.75, 3.05) is 40.9 Å².